The molecule has 0 aliphatic heterocycles. The molecule has 2 aromatic carbocycles. The SMILES string of the molecule is CCNC(CSc1ccc(C)cc1)c1cc(F)ccc1Cl. The highest BCUT2D eigenvalue weighted by Gasteiger charge is 2.15. The van der Waals surface area contributed by atoms with Gasteiger partial charge in [0.05, 0.1) is 0 Å². The smallest absolute Gasteiger partial charge is 0.123 e. The van der Waals surface area contributed by atoms with Crippen LogP contribution in [0.5, 0.6) is 0 Å². The Balaban J connectivity index is 2.11. The van der Waals surface area contributed by atoms with Crippen LogP contribution >= 0.6 is 23.4 Å². The van der Waals surface area contributed by atoms with E-state index >= 15 is 0 Å². The Bertz CT molecular complexity index is 586. The molecule has 1 atom stereocenters. The number of halogens is 2. The second-order valence-corrected chi connectivity index (χ2v) is 6.40. The number of rotatable bonds is 6. The zero-order valence-corrected chi connectivity index (χ0v) is 13.8. The van der Waals surface area contributed by atoms with Gasteiger partial charge in [-0.05, 0) is 49.4 Å². The van der Waals surface area contributed by atoms with E-state index in [2.05, 4.69) is 36.5 Å². The molecule has 0 aliphatic rings. The van der Waals surface area contributed by atoms with E-state index in [1.807, 2.05) is 6.92 Å². The van der Waals surface area contributed by atoms with E-state index < -0.39 is 0 Å². The van der Waals surface area contributed by atoms with Crippen molar-refractivity contribution in [3.8, 4) is 0 Å². The Hall–Kier alpha value is -1.03. The third-order valence-electron chi connectivity index (χ3n) is 3.22. The Morgan fingerprint density at radius 1 is 1.19 bits per heavy atom. The summed E-state index contributed by atoms with van der Waals surface area (Å²) >= 11 is 7.96. The van der Waals surface area contributed by atoms with Gasteiger partial charge >= 0.3 is 0 Å². The van der Waals surface area contributed by atoms with Gasteiger partial charge in [-0.2, -0.15) is 0 Å². The minimum atomic E-state index is -0.252. The fraction of sp³-hybridized carbons (Fsp3) is 0.294. The normalized spacial score (nSPS) is 12.4. The van der Waals surface area contributed by atoms with E-state index in [0.717, 1.165) is 17.9 Å². The highest BCUT2D eigenvalue weighted by atomic mass is 35.5. The maximum absolute atomic E-state index is 13.5. The van der Waals surface area contributed by atoms with Gasteiger partial charge in [0, 0.05) is 21.7 Å². The molecule has 1 N–H and O–H groups in total. The van der Waals surface area contributed by atoms with Gasteiger partial charge in [-0.25, -0.2) is 4.39 Å². The van der Waals surface area contributed by atoms with Crippen LogP contribution in [0.1, 0.15) is 24.1 Å². The van der Waals surface area contributed by atoms with Crippen molar-refractivity contribution in [1.29, 1.82) is 0 Å². The zero-order valence-electron chi connectivity index (χ0n) is 12.2. The summed E-state index contributed by atoms with van der Waals surface area (Å²) in [7, 11) is 0. The van der Waals surface area contributed by atoms with Crippen LogP contribution in [-0.4, -0.2) is 12.3 Å². The van der Waals surface area contributed by atoms with Gasteiger partial charge in [0.2, 0.25) is 0 Å². The van der Waals surface area contributed by atoms with Crippen LogP contribution in [0.2, 0.25) is 5.02 Å². The molecule has 0 bridgehead atoms. The molecule has 0 radical (unpaired) electrons. The van der Waals surface area contributed by atoms with Crippen molar-refractivity contribution in [1.82, 2.24) is 5.32 Å². The molecule has 0 heterocycles. The summed E-state index contributed by atoms with van der Waals surface area (Å²) in [6, 6.07) is 13.0. The van der Waals surface area contributed by atoms with Crippen molar-refractivity contribution < 1.29 is 4.39 Å². The van der Waals surface area contributed by atoms with E-state index in [9.17, 15) is 4.39 Å². The maximum atomic E-state index is 13.5. The largest absolute Gasteiger partial charge is 0.309 e. The van der Waals surface area contributed by atoms with Gasteiger partial charge in [-0.3, -0.25) is 0 Å². The van der Waals surface area contributed by atoms with Crippen LogP contribution in [0, 0.1) is 12.7 Å². The molecule has 1 unspecified atom stereocenters. The Morgan fingerprint density at radius 3 is 2.57 bits per heavy atom. The molecular weight excluding hydrogens is 305 g/mol. The van der Waals surface area contributed by atoms with Crippen molar-refractivity contribution in [2.45, 2.75) is 24.8 Å². The molecule has 0 amide bonds. The van der Waals surface area contributed by atoms with Gasteiger partial charge in [-0.15, -0.1) is 11.8 Å². The standard InChI is InChI=1S/C17H19ClFNS/c1-3-20-17(15-10-13(19)6-9-16(15)18)11-21-14-7-4-12(2)5-8-14/h4-10,17,20H,3,11H2,1-2H3. The lowest BCUT2D eigenvalue weighted by molar-refractivity contribution is 0.589. The lowest BCUT2D eigenvalue weighted by atomic mass is 10.1. The van der Waals surface area contributed by atoms with Crippen LogP contribution in [-0.2, 0) is 0 Å². The van der Waals surface area contributed by atoms with Crippen LogP contribution in [0.4, 0.5) is 4.39 Å². The minimum absolute atomic E-state index is 0.0319. The number of thioether (sulfide) groups is 1. The first-order valence-corrected chi connectivity index (χ1v) is 8.34. The monoisotopic (exact) mass is 323 g/mol. The molecule has 112 valence electrons. The Kier molecular flexibility index (Phi) is 6.09. The summed E-state index contributed by atoms with van der Waals surface area (Å²) < 4.78 is 13.5. The van der Waals surface area contributed by atoms with E-state index in [0.29, 0.717) is 5.02 Å². The van der Waals surface area contributed by atoms with Gasteiger partial charge < -0.3 is 5.32 Å². The number of nitrogens with one attached hydrogen (secondary N) is 1. The third kappa shape index (κ3) is 4.73. The Morgan fingerprint density at radius 2 is 1.90 bits per heavy atom. The highest BCUT2D eigenvalue weighted by Crippen LogP contribution is 2.29. The van der Waals surface area contributed by atoms with Crippen LogP contribution in [0.3, 0.4) is 0 Å². The van der Waals surface area contributed by atoms with Gasteiger partial charge in [0.25, 0.3) is 0 Å². The molecule has 0 saturated carbocycles. The van der Waals surface area contributed by atoms with E-state index in [-0.39, 0.29) is 11.9 Å². The van der Waals surface area contributed by atoms with Gasteiger partial charge in [0.15, 0.2) is 0 Å². The Labute approximate surface area is 134 Å². The average Bonchev–Trinajstić information content (AvgIpc) is 2.48. The first-order valence-electron chi connectivity index (χ1n) is 6.98. The second-order valence-electron chi connectivity index (χ2n) is 4.90. The van der Waals surface area contributed by atoms with E-state index in [4.69, 9.17) is 11.6 Å². The van der Waals surface area contributed by atoms with Gasteiger partial charge in [0.1, 0.15) is 5.82 Å². The fourth-order valence-electron chi connectivity index (χ4n) is 2.10. The topological polar surface area (TPSA) is 12.0 Å². The number of benzene rings is 2. The minimum Gasteiger partial charge on any atom is -0.309 e. The summed E-state index contributed by atoms with van der Waals surface area (Å²) in [5.74, 6) is 0.553. The van der Waals surface area contributed by atoms with Crippen molar-refractivity contribution >= 4 is 23.4 Å². The van der Waals surface area contributed by atoms with Crippen molar-refractivity contribution in [2.75, 3.05) is 12.3 Å². The third-order valence-corrected chi connectivity index (χ3v) is 4.67. The van der Waals surface area contributed by atoms with Crippen molar-refractivity contribution in [3.05, 3.63) is 64.4 Å². The fourth-order valence-corrected chi connectivity index (χ4v) is 3.34. The lowest BCUT2D eigenvalue weighted by Gasteiger charge is -2.19. The molecule has 0 aliphatic carbocycles. The first-order chi connectivity index (χ1) is 10.1. The molecule has 21 heavy (non-hydrogen) atoms. The number of aryl methyl sites for hydroxylation is 1. The van der Waals surface area contributed by atoms with Crippen molar-refractivity contribution in [2.24, 2.45) is 0 Å². The molecule has 4 heteroatoms. The first kappa shape index (κ1) is 16.3. The zero-order chi connectivity index (χ0) is 15.2. The quantitative estimate of drug-likeness (QED) is 0.730. The summed E-state index contributed by atoms with van der Waals surface area (Å²) in [5, 5.41) is 3.98. The number of hydrogen-bond acceptors (Lipinski definition) is 2. The number of hydrogen-bond donors (Lipinski definition) is 1. The molecule has 0 saturated heterocycles. The van der Waals surface area contributed by atoms with E-state index in [1.165, 1.54) is 22.6 Å². The summed E-state index contributed by atoms with van der Waals surface area (Å²) in [4.78, 5) is 1.20. The summed E-state index contributed by atoms with van der Waals surface area (Å²) in [5.41, 5.74) is 2.06. The second kappa shape index (κ2) is 7.83. The molecule has 2 aromatic rings. The molecular formula is C17H19ClFNS. The van der Waals surface area contributed by atoms with Crippen LogP contribution < -0.4 is 5.32 Å². The van der Waals surface area contributed by atoms with Crippen molar-refractivity contribution in [3.63, 3.8) is 0 Å². The average molecular weight is 324 g/mol. The predicted molar refractivity (Wildman–Crippen MR) is 89.7 cm³/mol. The van der Waals surface area contributed by atoms with Gasteiger partial charge in [-0.1, -0.05) is 36.2 Å². The summed E-state index contributed by atoms with van der Waals surface area (Å²) in [6.07, 6.45) is 0. The molecule has 1 nitrogen and oxygen atoms in total. The lowest BCUT2D eigenvalue weighted by Crippen LogP contribution is -2.23. The summed E-state index contributed by atoms with van der Waals surface area (Å²) in [6.45, 7) is 4.92. The molecule has 0 fully saturated rings. The van der Waals surface area contributed by atoms with E-state index in [1.54, 1.807) is 17.8 Å². The van der Waals surface area contributed by atoms with Crippen LogP contribution in [0.25, 0.3) is 0 Å². The highest BCUT2D eigenvalue weighted by molar-refractivity contribution is 7.99. The molecule has 0 spiro atoms. The molecule has 0 aromatic heterocycles. The van der Waals surface area contributed by atoms with Crippen LogP contribution in [0.15, 0.2) is 47.4 Å². The predicted octanol–water partition coefficient (Wildman–Crippen LogP) is 5.23. The maximum Gasteiger partial charge on any atom is 0.123 e. The molecule has 2 rings (SSSR count).